The number of hydrogen-bond acceptors (Lipinski definition) is 8. The van der Waals surface area contributed by atoms with Crippen LogP contribution in [-0.4, -0.2) is 61.2 Å². The lowest BCUT2D eigenvalue weighted by Crippen LogP contribution is -2.34. The number of carbonyl (C=O) groups excluding carboxylic acids is 1. The van der Waals surface area contributed by atoms with Crippen LogP contribution in [0.2, 0.25) is 0 Å². The van der Waals surface area contributed by atoms with Gasteiger partial charge in [0.25, 0.3) is 0 Å². The van der Waals surface area contributed by atoms with Gasteiger partial charge in [-0.3, -0.25) is 9.88 Å². The molecule has 0 bridgehead atoms. The number of fused-ring (bicyclic) bond motifs is 2. The number of carboxylic acids is 1. The first-order valence-corrected chi connectivity index (χ1v) is 11.6. The molecule has 37 heavy (non-hydrogen) atoms. The van der Waals surface area contributed by atoms with Gasteiger partial charge >= 0.3 is 12.0 Å². The molecule has 0 spiro atoms. The Bertz CT molecular complexity index is 1430. The molecule has 4 heterocycles. The monoisotopic (exact) mass is 502 g/mol. The Kier molecular flexibility index (Phi) is 5.96. The second kappa shape index (κ2) is 9.58. The number of nitrogens with one attached hydrogen (secondary N) is 2. The highest BCUT2D eigenvalue weighted by Gasteiger charge is 2.56. The summed E-state index contributed by atoms with van der Waals surface area (Å²) in [6.45, 7) is 0. The molecule has 4 aromatic rings. The third-order valence-corrected chi connectivity index (χ3v) is 6.19. The first kappa shape index (κ1) is 23.0. The molecule has 12 nitrogen and oxygen atoms in total. The van der Waals surface area contributed by atoms with E-state index in [1.54, 1.807) is 28.8 Å². The smallest absolute Gasteiger partial charge is 0.335 e. The number of amides is 2. The number of carboxylic acid groups (broad SMARTS) is 1. The molecular weight excluding hydrogens is 480 g/mol. The van der Waals surface area contributed by atoms with Gasteiger partial charge in [-0.05, 0) is 17.7 Å². The van der Waals surface area contributed by atoms with Gasteiger partial charge in [0.15, 0.2) is 35.6 Å². The van der Waals surface area contributed by atoms with Crippen molar-refractivity contribution in [2.75, 3.05) is 10.6 Å². The predicted octanol–water partition coefficient (Wildman–Crippen LogP) is 2.81. The highest BCUT2D eigenvalue weighted by atomic mass is 16.8. The van der Waals surface area contributed by atoms with E-state index in [9.17, 15) is 14.7 Å². The summed E-state index contributed by atoms with van der Waals surface area (Å²) in [5, 5.41) is 15.2. The zero-order valence-electron chi connectivity index (χ0n) is 19.3. The van der Waals surface area contributed by atoms with Gasteiger partial charge in [-0.15, -0.1) is 0 Å². The van der Waals surface area contributed by atoms with Crippen LogP contribution in [0.5, 0.6) is 0 Å². The maximum absolute atomic E-state index is 12.5. The molecule has 2 aliphatic rings. The topological polar surface area (TPSA) is 150 Å². The first-order chi connectivity index (χ1) is 18.1. The molecule has 2 amide bonds. The summed E-state index contributed by atoms with van der Waals surface area (Å²) in [7, 11) is 0. The van der Waals surface area contributed by atoms with E-state index in [1.807, 2.05) is 36.4 Å². The SMILES string of the molecule is O=C(Nc1ccccc1)Nc1ncnc2c1ncn2C1OC(C(=O)O)C2OC(Cc3ccccc3)OC21. The van der Waals surface area contributed by atoms with Crippen molar-refractivity contribution in [2.24, 2.45) is 0 Å². The van der Waals surface area contributed by atoms with Crippen molar-refractivity contribution in [2.45, 2.75) is 37.3 Å². The van der Waals surface area contributed by atoms with E-state index in [0.717, 1.165) is 5.56 Å². The second-order valence-electron chi connectivity index (χ2n) is 8.60. The summed E-state index contributed by atoms with van der Waals surface area (Å²) in [5.41, 5.74) is 2.27. The van der Waals surface area contributed by atoms with Crippen molar-refractivity contribution < 1.29 is 28.9 Å². The molecular formula is C25H22N6O6. The number of aliphatic carboxylic acids is 1. The number of hydrogen-bond donors (Lipinski definition) is 3. The summed E-state index contributed by atoms with van der Waals surface area (Å²) < 4.78 is 19.5. The third-order valence-electron chi connectivity index (χ3n) is 6.19. The lowest BCUT2D eigenvalue weighted by atomic mass is 10.1. The molecule has 5 unspecified atom stereocenters. The number of aromatic nitrogens is 4. The molecule has 2 fully saturated rings. The summed E-state index contributed by atoms with van der Waals surface area (Å²) in [6.07, 6.45) is -1.05. The zero-order chi connectivity index (χ0) is 25.4. The summed E-state index contributed by atoms with van der Waals surface area (Å²) in [5.74, 6) is -0.965. The van der Waals surface area contributed by atoms with Gasteiger partial charge in [0.1, 0.15) is 18.5 Å². The lowest BCUT2D eigenvalue weighted by Gasteiger charge is -2.20. The van der Waals surface area contributed by atoms with Crippen molar-refractivity contribution in [3.05, 3.63) is 78.9 Å². The van der Waals surface area contributed by atoms with E-state index in [0.29, 0.717) is 23.3 Å². The fourth-order valence-corrected chi connectivity index (χ4v) is 4.56. The van der Waals surface area contributed by atoms with Crippen molar-refractivity contribution in [1.82, 2.24) is 19.5 Å². The van der Waals surface area contributed by atoms with Crippen LogP contribution < -0.4 is 10.6 Å². The Morgan fingerprint density at radius 1 is 0.892 bits per heavy atom. The van der Waals surface area contributed by atoms with E-state index < -0.39 is 42.8 Å². The Morgan fingerprint density at radius 3 is 2.38 bits per heavy atom. The van der Waals surface area contributed by atoms with Crippen LogP contribution in [-0.2, 0) is 25.4 Å². The minimum Gasteiger partial charge on any atom is -0.479 e. The van der Waals surface area contributed by atoms with Gasteiger partial charge in [-0.25, -0.2) is 24.5 Å². The highest BCUT2D eigenvalue weighted by molar-refractivity contribution is 6.02. The van der Waals surface area contributed by atoms with Gasteiger partial charge in [0.05, 0.1) is 6.33 Å². The Hall–Kier alpha value is -4.39. The van der Waals surface area contributed by atoms with E-state index in [1.165, 1.54) is 12.7 Å². The Balaban J connectivity index is 1.24. The molecule has 2 aromatic heterocycles. The minimum atomic E-state index is -1.23. The quantitative estimate of drug-likeness (QED) is 0.362. The zero-order valence-corrected chi connectivity index (χ0v) is 19.3. The molecule has 2 aromatic carbocycles. The molecule has 6 rings (SSSR count). The molecule has 0 radical (unpaired) electrons. The van der Waals surface area contributed by atoms with Crippen LogP contribution in [0.25, 0.3) is 11.2 Å². The second-order valence-corrected chi connectivity index (χ2v) is 8.60. The lowest BCUT2D eigenvalue weighted by molar-refractivity contribution is -0.171. The standard InChI is InChI=1S/C25H22N6O6/c32-24(33)20-18-19(36-16(35-18)11-14-7-3-1-4-8-14)23(37-20)31-13-28-17-21(26-12-27-22(17)31)30-25(34)29-15-9-5-2-6-10-15/h1-10,12-13,16,18-20,23H,11H2,(H,32,33)(H2,26,27,29,30,34). The molecule has 188 valence electrons. The maximum Gasteiger partial charge on any atom is 0.335 e. The van der Waals surface area contributed by atoms with E-state index >= 15 is 0 Å². The Morgan fingerprint density at radius 2 is 1.62 bits per heavy atom. The third kappa shape index (κ3) is 4.48. The Labute approximate surface area is 210 Å². The van der Waals surface area contributed by atoms with Gasteiger partial charge in [-0.1, -0.05) is 48.5 Å². The number of nitrogens with zero attached hydrogens (tertiary/aromatic N) is 4. The van der Waals surface area contributed by atoms with Crippen LogP contribution in [0.1, 0.15) is 11.8 Å². The maximum atomic E-state index is 12.5. The molecule has 0 aliphatic carbocycles. The number of anilines is 2. The minimum absolute atomic E-state index is 0.187. The summed E-state index contributed by atoms with van der Waals surface area (Å²) in [6, 6.07) is 18.1. The van der Waals surface area contributed by atoms with Gasteiger partial charge in [-0.2, -0.15) is 0 Å². The molecule has 5 atom stereocenters. The predicted molar refractivity (Wildman–Crippen MR) is 130 cm³/mol. The number of benzene rings is 2. The van der Waals surface area contributed by atoms with E-state index in [4.69, 9.17) is 14.2 Å². The molecule has 2 aliphatic heterocycles. The fourth-order valence-electron chi connectivity index (χ4n) is 4.56. The molecule has 3 N–H and O–H groups in total. The fraction of sp³-hybridized carbons (Fsp3) is 0.240. The highest BCUT2D eigenvalue weighted by Crippen LogP contribution is 2.41. The number of urea groups is 1. The van der Waals surface area contributed by atoms with Gasteiger partial charge in [0.2, 0.25) is 0 Å². The average molecular weight is 502 g/mol. The average Bonchev–Trinajstić information content (AvgIpc) is 3.59. The van der Waals surface area contributed by atoms with Crippen molar-refractivity contribution in [3.8, 4) is 0 Å². The molecule has 12 heteroatoms. The van der Waals surface area contributed by atoms with Crippen molar-refractivity contribution >= 4 is 34.7 Å². The van der Waals surface area contributed by atoms with Crippen LogP contribution >= 0.6 is 0 Å². The summed E-state index contributed by atoms with van der Waals surface area (Å²) >= 11 is 0. The largest absolute Gasteiger partial charge is 0.479 e. The number of rotatable bonds is 6. The molecule has 2 saturated heterocycles. The van der Waals surface area contributed by atoms with E-state index in [-0.39, 0.29) is 5.82 Å². The first-order valence-electron chi connectivity index (χ1n) is 11.6. The van der Waals surface area contributed by atoms with Crippen molar-refractivity contribution in [3.63, 3.8) is 0 Å². The van der Waals surface area contributed by atoms with E-state index in [2.05, 4.69) is 25.6 Å². The van der Waals surface area contributed by atoms with Crippen molar-refractivity contribution in [1.29, 1.82) is 0 Å². The summed E-state index contributed by atoms with van der Waals surface area (Å²) in [4.78, 5) is 37.3. The normalized spacial score (nSPS) is 24.6. The van der Waals surface area contributed by atoms with Crippen LogP contribution in [0.3, 0.4) is 0 Å². The van der Waals surface area contributed by atoms with Gasteiger partial charge in [0, 0.05) is 12.1 Å². The van der Waals surface area contributed by atoms with Crippen LogP contribution in [0, 0.1) is 0 Å². The number of carbonyl (C=O) groups is 2. The van der Waals surface area contributed by atoms with Crippen LogP contribution in [0.4, 0.5) is 16.3 Å². The number of imidazole rings is 1. The van der Waals surface area contributed by atoms with Gasteiger partial charge < -0.3 is 24.6 Å². The van der Waals surface area contributed by atoms with Crippen LogP contribution in [0.15, 0.2) is 73.3 Å². The molecule has 0 saturated carbocycles. The number of ether oxygens (including phenoxy) is 3. The number of para-hydroxylation sites is 1.